The third-order valence-electron chi connectivity index (χ3n) is 1.06. The van der Waals surface area contributed by atoms with Gasteiger partial charge in [0.25, 0.3) is 0 Å². The van der Waals surface area contributed by atoms with Crippen LogP contribution in [0.2, 0.25) is 0 Å². The summed E-state index contributed by atoms with van der Waals surface area (Å²) in [6.07, 6.45) is 0.472. The van der Waals surface area contributed by atoms with Crippen LogP contribution in [0.15, 0.2) is 0 Å². The maximum atomic E-state index is 9.97. The van der Waals surface area contributed by atoms with Gasteiger partial charge in [0.1, 0.15) is 18.0 Å². The average Bonchev–Trinajstić information content (AvgIpc) is 1.95. The van der Waals surface area contributed by atoms with Crippen molar-refractivity contribution >= 4 is 12.6 Å². The van der Waals surface area contributed by atoms with E-state index in [0.29, 0.717) is 0 Å². The minimum absolute atomic E-state index is 0.236. The van der Waals surface area contributed by atoms with Crippen molar-refractivity contribution in [1.82, 2.24) is 0 Å². The van der Waals surface area contributed by atoms with Crippen molar-refractivity contribution in [3.05, 3.63) is 0 Å². The Labute approximate surface area is 52.1 Å². The first-order valence-corrected chi connectivity index (χ1v) is 2.39. The van der Waals surface area contributed by atoms with Gasteiger partial charge >= 0.3 is 0 Å². The van der Waals surface area contributed by atoms with E-state index in [4.69, 9.17) is 10.2 Å². The molecule has 4 nitrogen and oxygen atoms in total. The molecule has 0 radical (unpaired) electrons. The van der Waals surface area contributed by atoms with E-state index in [9.17, 15) is 9.59 Å². The standard InChI is InChI=1S/C5H8O4/c6-1-5(2-7,3-8)4-9/h1-2,8-9H,3-4H2. The molecule has 0 spiro atoms. The van der Waals surface area contributed by atoms with Crippen LogP contribution in [0.25, 0.3) is 0 Å². The topological polar surface area (TPSA) is 74.6 Å². The number of aldehydes is 2. The molecule has 0 heterocycles. The Morgan fingerprint density at radius 2 is 1.44 bits per heavy atom. The van der Waals surface area contributed by atoms with Gasteiger partial charge in [-0.3, -0.25) is 0 Å². The Balaban J connectivity index is 4.15. The molecule has 0 bridgehead atoms. The molecule has 0 unspecified atom stereocenters. The van der Waals surface area contributed by atoms with Gasteiger partial charge in [-0.25, -0.2) is 0 Å². The van der Waals surface area contributed by atoms with Gasteiger partial charge in [0.15, 0.2) is 0 Å². The normalized spacial score (nSPS) is 10.9. The highest BCUT2D eigenvalue weighted by atomic mass is 16.3. The number of rotatable bonds is 4. The molecule has 0 aliphatic rings. The predicted molar refractivity (Wildman–Crippen MR) is 28.7 cm³/mol. The molecule has 0 aromatic rings. The summed E-state index contributed by atoms with van der Waals surface area (Å²) >= 11 is 0. The highest BCUT2D eigenvalue weighted by molar-refractivity contribution is 5.83. The number of hydrogen-bond donors (Lipinski definition) is 2. The lowest BCUT2D eigenvalue weighted by Gasteiger charge is -2.12. The van der Waals surface area contributed by atoms with Crippen molar-refractivity contribution in [2.45, 2.75) is 0 Å². The fourth-order valence-corrected chi connectivity index (χ4v) is 0.227. The van der Waals surface area contributed by atoms with Gasteiger partial charge in [-0.1, -0.05) is 0 Å². The van der Waals surface area contributed by atoms with Gasteiger partial charge in [-0.05, 0) is 0 Å². The number of hydrogen-bond acceptors (Lipinski definition) is 4. The minimum atomic E-state index is -1.58. The van der Waals surface area contributed by atoms with Crippen LogP contribution in [-0.2, 0) is 9.59 Å². The molecule has 0 aromatic carbocycles. The SMILES string of the molecule is O=CC(C=O)(CO)CO. The van der Waals surface area contributed by atoms with Gasteiger partial charge in [-0.15, -0.1) is 0 Å². The quantitative estimate of drug-likeness (QED) is 0.355. The molecule has 0 saturated carbocycles. The van der Waals surface area contributed by atoms with Crippen molar-refractivity contribution in [2.24, 2.45) is 5.41 Å². The smallest absolute Gasteiger partial charge is 0.137 e. The summed E-state index contributed by atoms with van der Waals surface area (Å²) in [7, 11) is 0. The summed E-state index contributed by atoms with van der Waals surface area (Å²) in [4.78, 5) is 19.9. The molecule has 0 fully saturated rings. The second-order valence-corrected chi connectivity index (χ2v) is 1.79. The Bertz CT molecular complexity index is 95.5. The van der Waals surface area contributed by atoms with E-state index in [0.717, 1.165) is 0 Å². The van der Waals surface area contributed by atoms with E-state index < -0.39 is 18.6 Å². The van der Waals surface area contributed by atoms with E-state index in [1.165, 1.54) is 0 Å². The van der Waals surface area contributed by atoms with Crippen molar-refractivity contribution in [2.75, 3.05) is 13.2 Å². The molecule has 2 N–H and O–H groups in total. The molecule has 0 aliphatic heterocycles. The van der Waals surface area contributed by atoms with Crippen LogP contribution < -0.4 is 0 Å². The van der Waals surface area contributed by atoms with E-state index in [2.05, 4.69) is 0 Å². The van der Waals surface area contributed by atoms with Crippen LogP contribution in [0.1, 0.15) is 0 Å². The molecule has 4 heteroatoms. The van der Waals surface area contributed by atoms with Crippen molar-refractivity contribution < 1.29 is 19.8 Å². The van der Waals surface area contributed by atoms with E-state index in [-0.39, 0.29) is 12.6 Å². The van der Waals surface area contributed by atoms with Gasteiger partial charge < -0.3 is 19.8 Å². The largest absolute Gasteiger partial charge is 0.395 e. The lowest BCUT2D eigenvalue weighted by Crippen LogP contribution is -2.32. The van der Waals surface area contributed by atoms with E-state index in [1.807, 2.05) is 0 Å². The third-order valence-corrected chi connectivity index (χ3v) is 1.06. The molecular formula is C5H8O4. The zero-order valence-electron chi connectivity index (χ0n) is 4.78. The van der Waals surface area contributed by atoms with Crippen LogP contribution in [0.3, 0.4) is 0 Å². The maximum absolute atomic E-state index is 9.97. The summed E-state index contributed by atoms with van der Waals surface area (Å²) in [5.41, 5.74) is -1.58. The Morgan fingerprint density at radius 1 is 1.11 bits per heavy atom. The van der Waals surface area contributed by atoms with Gasteiger partial charge in [0.2, 0.25) is 0 Å². The monoisotopic (exact) mass is 132 g/mol. The zero-order chi connectivity index (χ0) is 7.33. The summed E-state index contributed by atoms with van der Waals surface area (Å²) in [6.45, 7) is -1.28. The van der Waals surface area contributed by atoms with Crippen molar-refractivity contribution in [1.29, 1.82) is 0 Å². The number of aliphatic hydroxyl groups is 2. The summed E-state index contributed by atoms with van der Waals surface area (Å²) in [5.74, 6) is 0. The molecule has 0 amide bonds. The summed E-state index contributed by atoms with van der Waals surface area (Å²) < 4.78 is 0. The maximum Gasteiger partial charge on any atom is 0.137 e. The molecule has 0 rings (SSSR count). The predicted octanol–water partition coefficient (Wildman–Crippen LogP) is -1.64. The van der Waals surface area contributed by atoms with E-state index >= 15 is 0 Å². The van der Waals surface area contributed by atoms with Crippen LogP contribution in [0.4, 0.5) is 0 Å². The van der Waals surface area contributed by atoms with Crippen LogP contribution >= 0.6 is 0 Å². The summed E-state index contributed by atoms with van der Waals surface area (Å²) in [5, 5.41) is 16.7. The van der Waals surface area contributed by atoms with Crippen LogP contribution in [0, 0.1) is 5.41 Å². The highest BCUT2D eigenvalue weighted by Crippen LogP contribution is 2.05. The Hall–Kier alpha value is -0.740. The molecule has 0 atom stereocenters. The van der Waals surface area contributed by atoms with Crippen molar-refractivity contribution in [3.8, 4) is 0 Å². The second kappa shape index (κ2) is 3.32. The lowest BCUT2D eigenvalue weighted by atomic mass is 9.95. The molecule has 0 aromatic heterocycles. The first-order chi connectivity index (χ1) is 4.24. The van der Waals surface area contributed by atoms with E-state index in [1.54, 1.807) is 0 Å². The first-order valence-electron chi connectivity index (χ1n) is 2.39. The molecule has 9 heavy (non-hydrogen) atoms. The average molecular weight is 132 g/mol. The second-order valence-electron chi connectivity index (χ2n) is 1.79. The summed E-state index contributed by atoms with van der Waals surface area (Å²) in [6, 6.07) is 0. The lowest BCUT2D eigenvalue weighted by molar-refractivity contribution is -0.131. The minimum Gasteiger partial charge on any atom is -0.395 e. The highest BCUT2D eigenvalue weighted by Gasteiger charge is 2.27. The molecule has 0 aliphatic carbocycles. The van der Waals surface area contributed by atoms with Crippen molar-refractivity contribution in [3.63, 3.8) is 0 Å². The fourth-order valence-electron chi connectivity index (χ4n) is 0.227. The van der Waals surface area contributed by atoms with Gasteiger partial charge in [0.05, 0.1) is 13.2 Å². The van der Waals surface area contributed by atoms with Gasteiger partial charge in [-0.2, -0.15) is 0 Å². The van der Waals surface area contributed by atoms with Gasteiger partial charge in [0, 0.05) is 0 Å². The van der Waals surface area contributed by atoms with Crippen LogP contribution in [-0.4, -0.2) is 36.0 Å². The fraction of sp³-hybridized carbons (Fsp3) is 0.600. The third kappa shape index (κ3) is 1.58. The number of carbonyl (C=O) groups is 2. The molecule has 0 saturated heterocycles. The Kier molecular flexibility index (Phi) is 3.05. The number of aliphatic hydroxyl groups excluding tert-OH is 2. The first kappa shape index (κ1) is 8.26. The van der Waals surface area contributed by atoms with Crippen LogP contribution in [0.5, 0.6) is 0 Å². The number of carbonyl (C=O) groups excluding carboxylic acids is 2. The zero-order valence-corrected chi connectivity index (χ0v) is 4.78. The Morgan fingerprint density at radius 3 is 1.44 bits per heavy atom. The molecule has 52 valence electrons. The molecular weight excluding hydrogens is 124 g/mol.